The van der Waals surface area contributed by atoms with Crippen molar-refractivity contribution in [2.45, 2.75) is 13.0 Å². The first kappa shape index (κ1) is 24.4. The van der Waals surface area contributed by atoms with E-state index in [2.05, 4.69) is 5.32 Å². The number of benzene rings is 3. The SMILES string of the molecule is COc1cc(CCNC(=O)c2ccc(OCc3ccccc3)c(OC)c2)c([N+](=O)[O-])cc1OC. The minimum absolute atomic E-state index is 0.103. The average Bonchev–Trinajstić information content (AvgIpc) is 2.87. The highest BCUT2D eigenvalue weighted by atomic mass is 16.6. The number of rotatable bonds is 11. The van der Waals surface area contributed by atoms with Crippen LogP contribution >= 0.6 is 0 Å². The first-order valence-electron chi connectivity index (χ1n) is 10.5. The van der Waals surface area contributed by atoms with Gasteiger partial charge in [0.05, 0.1) is 32.3 Å². The molecule has 3 rings (SSSR count). The Morgan fingerprint density at radius 1 is 0.882 bits per heavy atom. The van der Waals surface area contributed by atoms with Crippen molar-refractivity contribution in [3.63, 3.8) is 0 Å². The third-order valence-electron chi connectivity index (χ3n) is 5.12. The molecular formula is C25H26N2O7. The van der Waals surface area contributed by atoms with Crippen LogP contribution in [-0.2, 0) is 13.0 Å². The number of nitrogens with zero attached hydrogens (tertiary/aromatic N) is 1. The quantitative estimate of drug-likeness (QED) is 0.334. The predicted molar refractivity (Wildman–Crippen MR) is 126 cm³/mol. The van der Waals surface area contributed by atoms with Gasteiger partial charge in [-0.1, -0.05) is 30.3 Å². The minimum Gasteiger partial charge on any atom is -0.493 e. The second-order valence-corrected chi connectivity index (χ2v) is 7.24. The van der Waals surface area contributed by atoms with Gasteiger partial charge in [0, 0.05) is 17.7 Å². The summed E-state index contributed by atoms with van der Waals surface area (Å²) in [5.41, 5.74) is 1.71. The van der Waals surface area contributed by atoms with E-state index >= 15 is 0 Å². The Hall–Kier alpha value is -4.27. The molecule has 0 aliphatic rings. The fourth-order valence-electron chi connectivity index (χ4n) is 3.36. The summed E-state index contributed by atoms with van der Waals surface area (Å²) in [6.45, 7) is 0.552. The van der Waals surface area contributed by atoms with E-state index in [-0.39, 0.29) is 30.3 Å². The van der Waals surface area contributed by atoms with Crippen LogP contribution in [0.3, 0.4) is 0 Å². The van der Waals surface area contributed by atoms with Crippen LogP contribution in [0.4, 0.5) is 5.69 Å². The number of methoxy groups -OCH3 is 3. The molecule has 34 heavy (non-hydrogen) atoms. The third kappa shape index (κ3) is 5.94. The molecule has 0 unspecified atom stereocenters. The van der Waals surface area contributed by atoms with Crippen LogP contribution in [0.2, 0.25) is 0 Å². The van der Waals surface area contributed by atoms with Gasteiger partial charge in [-0.3, -0.25) is 14.9 Å². The molecule has 1 N–H and O–H groups in total. The van der Waals surface area contributed by atoms with Gasteiger partial charge in [0.2, 0.25) is 0 Å². The monoisotopic (exact) mass is 466 g/mol. The molecule has 0 aliphatic heterocycles. The lowest BCUT2D eigenvalue weighted by atomic mass is 10.1. The molecule has 0 fully saturated rings. The van der Waals surface area contributed by atoms with Crippen molar-refractivity contribution in [2.24, 2.45) is 0 Å². The summed E-state index contributed by atoms with van der Waals surface area (Å²) in [5, 5.41) is 14.2. The van der Waals surface area contributed by atoms with Crippen LogP contribution in [0.1, 0.15) is 21.5 Å². The number of ether oxygens (including phenoxy) is 4. The van der Waals surface area contributed by atoms with Gasteiger partial charge in [0.1, 0.15) is 6.61 Å². The Morgan fingerprint density at radius 3 is 2.18 bits per heavy atom. The lowest BCUT2D eigenvalue weighted by molar-refractivity contribution is -0.385. The number of nitro groups is 1. The molecule has 0 atom stereocenters. The van der Waals surface area contributed by atoms with Gasteiger partial charge in [-0.25, -0.2) is 0 Å². The van der Waals surface area contributed by atoms with Crippen LogP contribution in [0.15, 0.2) is 60.7 Å². The Kier molecular flexibility index (Phi) is 8.28. The van der Waals surface area contributed by atoms with Crippen molar-refractivity contribution in [2.75, 3.05) is 27.9 Å². The lowest BCUT2D eigenvalue weighted by Crippen LogP contribution is -2.26. The Labute approximate surface area is 197 Å². The van der Waals surface area contributed by atoms with Gasteiger partial charge in [0.25, 0.3) is 11.6 Å². The van der Waals surface area contributed by atoms with E-state index in [0.29, 0.717) is 35.0 Å². The van der Waals surface area contributed by atoms with Gasteiger partial charge < -0.3 is 24.3 Å². The van der Waals surface area contributed by atoms with E-state index in [1.807, 2.05) is 30.3 Å². The minimum atomic E-state index is -0.488. The third-order valence-corrected chi connectivity index (χ3v) is 5.12. The number of amides is 1. The van der Waals surface area contributed by atoms with Crippen molar-refractivity contribution < 1.29 is 28.7 Å². The Morgan fingerprint density at radius 2 is 1.53 bits per heavy atom. The van der Waals surface area contributed by atoms with Crippen LogP contribution in [-0.4, -0.2) is 38.7 Å². The molecule has 0 saturated carbocycles. The summed E-state index contributed by atoms with van der Waals surface area (Å²) in [6, 6.07) is 17.5. The van der Waals surface area contributed by atoms with E-state index in [4.69, 9.17) is 18.9 Å². The van der Waals surface area contributed by atoms with E-state index in [1.165, 1.54) is 27.4 Å². The molecule has 0 heterocycles. The molecule has 0 aromatic heterocycles. The van der Waals surface area contributed by atoms with Gasteiger partial charge in [-0.05, 0) is 36.2 Å². The largest absolute Gasteiger partial charge is 0.493 e. The van der Waals surface area contributed by atoms with Gasteiger partial charge in [0.15, 0.2) is 23.0 Å². The Bertz CT molecular complexity index is 1150. The van der Waals surface area contributed by atoms with Gasteiger partial charge in [-0.2, -0.15) is 0 Å². The maximum Gasteiger partial charge on any atom is 0.276 e. The highest BCUT2D eigenvalue weighted by Gasteiger charge is 2.19. The van der Waals surface area contributed by atoms with Crippen molar-refractivity contribution in [1.29, 1.82) is 0 Å². The summed E-state index contributed by atoms with van der Waals surface area (Å²) >= 11 is 0. The van der Waals surface area contributed by atoms with Crippen LogP contribution in [0.25, 0.3) is 0 Å². The second kappa shape index (κ2) is 11.6. The molecular weight excluding hydrogens is 440 g/mol. The molecule has 178 valence electrons. The van der Waals surface area contributed by atoms with Crippen molar-refractivity contribution in [1.82, 2.24) is 5.32 Å². The summed E-state index contributed by atoms with van der Waals surface area (Å²) in [5.74, 6) is 1.26. The molecule has 3 aromatic rings. The first-order chi connectivity index (χ1) is 16.5. The molecule has 0 saturated heterocycles. The number of hydrogen-bond acceptors (Lipinski definition) is 7. The molecule has 0 radical (unpaired) electrons. The van der Waals surface area contributed by atoms with E-state index < -0.39 is 4.92 Å². The summed E-state index contributed by atoms with van der Waals surface area (Å²) in [4.78, 5) is 23.6. The summed E-state index contributed by atoms with van der Waals surface area (Å²) < 4.78 is 21.6. The molecule has 9 heteroatoms. The molecule has 1 amide bonds. The first-order valence-corrected chi connectivity index (χ1v) is 10.5. The highest BCUT2D eigenvalue weighted by molar-refractivity contribution is 5.94. The van der Waals surface area contributed by atoms with Gasteiger partial charge >= 0.3 is 0 Å². The van der Waals surface area contributed by atoms with Crippen molar-refractivity contribution >= 4 is 11.6 Å². The van der Waals surface area contributed by atoms with E-state index in [9.17, 15) is 14.9 Å². The Balaban J connectivity index is 1.65. The lowest BCUT2D eigenvalue weighted by Gasteiger charge is -2.13. The molecule has 3 aromatic carbocycles. The van der Waals surface area contributed by atoms with Gasteiger partial charge in [-0.15, -0.1) is 0 Å². The van der Waals surface area contributed by atoms with Crippen molar-refractivity contribution in [3.8, 4) is 23.0 Å². The second-order valence-electron chi connectivity index (χ2n) is 7.24. The zero-order valence-electron chi connectivity index (χ0n) is 19.2. The van der Waals surface area contributed by atoms with Crippen LogP contribution in [0.5, 0.6) is 23.0 Å². The molecule has 0 bridgehead atoms. The van der Waals surface area contributed by atoms with Crippen LogP contribution < -0.4 is 24.3 Å². The normalized spacial score (nSPS) is 10.3. The standard InChI is InChI=1S/C25H26N2O7/c1-31-22-14-19(9-10-21(22)34-16-17-7-5-4-6-8-17)25(28)26-12-11-18-13-23(32-2)24(33-3)15-20(18)27(29)30/h4-10,13-15H,11-12,16H2,1-3H3,(H,26,28). The fourth-order valence-corrected chi connectivity index (χ4v) is 3.36. The number of nitro benzene ring substituents is 1. The smallest absolute Gasteiger partial charge is 0.276 e. The molecule has 0 aliphatic carbocycles. The topological polar surface area (TPSA) is 109 Å². The molecule has 9 nitrogen and oxygen atoms in total. The van der Waals surface area contributed by atoms with Crippen LogP contribution in [0, 0.1) is 10.1 Å². The zero-order valence-corrected chi connectivity index (χ0v) is 19.2. The fraction of sp³-hybridized carbons (Fsp3) is 0.240. The highest BCUT2D eigenvalue weighted by Crippen LogP contribution is 2.34. The maximum atomic E-state index is 12.6. The number of carbonyl (C=O) groups excluding carboxylic acids is 1. The average molecular weight is 466 g/mol. The number of hydrogen-bond donors (Lipinski definition) is 1. The number of nitrogens with one attached hydrogen (secondary N) is 1. The summed E-state index contributed by atoms with van der Waals surface area (Å²) in [6.07, 6.45) is 0.234. The van der Waals surface area contributed by atoms with E-state index in [1.54, 1.807) is 24.3 Å². The predicted octanol–water partition coefficient (Wildman–Crippen LogP) is 4.17. The summed E-state index contributed by atoms with van der Waals surface area (Å²) in [7, 11) is 4.37. The van der Waals surface area contributed by atoms with E-state index in [0.717, 1.165) is 5.56 Å². The number of carbonyl (C=O) groups is 1. The molecule has 0 spiro atoms. The zero-order chi connectivity index (χ0) is 24.5. The maximum absolute atomic E-state index is 12.6. The van der Waals surface area contributed by atoms with Crippen molar-refractivity contribution in [3.05, 3.63) is 87.5 Å².